The topological polar surface area (TPSA) is 49.8 Å². The lowest BCUT2D eigenvalue weighted by molar-refractivity contribution is -0.160. The van der Waals surface area contributed by atoms with E-state index in [1.807, 2.05) is 20.8 Å². The van der Waals surface area contributed by atoms with Gasteiger partial charge >= 0.3 is 5.97 Å². The fourth-order valence-electron chi connectivity index (χ4n) is 7.19. The van der Waals surface area contributed by atoms with Gasteiger partial charge in [-0.05, 0) is 112 Å². The first-order valence-corrected chi connectivity index (χ1v) is 13.4. The van der Waals surface area contributed by atoms with E-state index in [1.54, 1.807) is 0 Å². The zero-order valence-electron chi connectivity index (χ0n) is 22.3. The van der Waals surface area contributed by atoms with Gasteiger partial charge in [-0.3, -0.25) is 4.90 Å². The SMILES string of the molecule is Cc1ccc(-c2c(C)c3c(c(C)c2C(OC(C)(C)C)C(=O)O)CCN(C2CC4CCC2C4)C3)cc1. The average molecular weight is 476 g/mol. The maximum Gasteiger partial charge on any atom is 0.337 e. The zero-order valence-corrected chi connectivity index (χ0v) is 22.3. The molecule has 4 atom stereocenters. The van der Waals surface area contributed by atoms with Crippen LogP contribution in [0.25, 0.3) is 11.1 Å². The van der Waals surface area contributed by atoms with Crippen molar-refractivity contribution in [1.29, 1.82) is 0 Å². The molecular formula is C31H41NO3. The predicted molar refractivity (Wildman–Crippen MR) is 141 cm³/mol. The second-order valence-corrected chi connectivity index (χ2v) is 12.3. The number of carbonyl (C=O) groups is 1. The minimum Gasteiger partial charge on any atom is -0.479 e. The van der Waals surface area contributed by atoms with Gasteiger partial charge in [0.1, 0.15) is 0 Å². The number of carboxylic acid groups (broad SMARTS) is 1. The van der Waals surface area contributed by atoms with Crippen LogP contribution in [0.4, 0.5) is 0 Å². The molecule has 2 aromatic carbocycles. The summed E-state index contributed by atoms with van der Waals surface area (Å²) in [6.07, 6.45) is 5.59. The maximum absolute atomic E-state index is 12.6. The predicted octanol–water partition coefficient (Wildman–Crippen LogP) is 6.77. The smallest absolute Gasteiger partial charge is 0.337 e. The van der Waals surface area contributed by atoms with Crippen LogP contribution in [0.2, 0.25) is 0 Å². The third-order valence-electron chi connectivity index (χ3n) is 8.80. The molecule has 0 saturated heterocycles. The molecule has 0 amide bonds. The zero-order chi connectivity index (χ0) is 25.1. The number of ether oxygens (including phenoxy) is 1. The quantitative estimate of drug-likeness (QED) is 0.519. The summed E-state index contributed by atoms with van der Waals surface area (Å²) in [6, 6.07) is 9.24. The van der Waals surface area contributed by atoms with Crippen molar-refractivity contribution in [3.8, 4) is 11.1 Å². The molecule has 3 aliphatic rings. The van der Waals surface area contributed by atoms with Crippen molar-refractivity contribution in [2.24, 2.45) is 11.8 Å². The minimum atomic E-state index is -1.00. The second kappa shape index (κ2) is 9.05. The summed E-state index contributed by atoms with van der Waals surface area (Å²) < 4.78 is 6.22. The molecule has 35 heavy (non-hydrogen) atoms. The van der Waals surface area contributed by atoms with Gasteiger partial charge in [0, 0.05) is 24.7 Å². The number of rotatable bonds is 5. The van der Waals surface area contributed by atoms with E-state index in [2.05, 4.69) is 49.9 Å². The third kappa shape index (κ3) is 4.56. The second-order valence-electron chi connectivity index (χ2n) is 12.3. The molecule has 188 valence electrons. The van der Waals surface area contributed by atoms with E-state index >= 15 is 0 Å². The van der Waals surface area contributed by atoms with Gasteiger partial charge in [-0.1, -0.05) is 36.2 Å². The van der Waals surface area contributed by atoms with Crippen molar-refractivity contribution in [3.63, 3.8) is 0 Å². The molecule has 4 heteroatoms. The highest BCUT2D eigenvalue weighted by Gasteiger charge is 2.43. The highest BCUT2D eigenvalue weighted by Crippen LogP contribution is 2.49. The van der Waals surface area contributed by atoms with Gasteiger partial charge in [-0.25, -0.2) is 4.79 Å². The average Bonchev–Trinajstić information content (AvgIpc) is 3.43. The first-order chi connectivity index (χ1) is 16.5. The number of carboxylic acids is 1. The van der Waals surface area contributed by atoms with Crippen LogP contribution >= 0.6 is 0 Å². The maximum atomic E-state index is 12.6. The van der Waals surface area contributed by atoms with Crippen LogP contribution in [-0.4, -0.2) is 34.2 Å². The number of hydrogen-bond acceptors (Lipinski definition) is 3. The first-order valence-electron chi connectivity index (χ1n) is 13.4. The van der Waals surface area contributed by atoms with E-state index in [9.17, 15) is 9.90 Å². The first kappa shape index (κ1) is 24.5. The lowest BCUT2D eigenvalue weighted by atomic mass is 9.79. The summed E-state index contributed by atoms with van der Waals surface area (Å²) in [5.74, 6) is 0.885. The van der Waals surface area contributed by atoms with Crippen molar-refractivity contribution in [2.75, 3.05) is 6.54 Å². The van der Waals surface area contributed by atoms with Crippen molar-refractivity contribution >= 4 is 5.97 Å². The number of nitrogens with zero attached hydrogens (tertiary/aromatic N) is 1. The molecule has 2 fully saturated rings. The van der Waals surface area contributed by atoms with Gasteiger partial charge < -0.3 is 9.84 Å². The van der Waals surface area contributed by atoms with Gasteiger partial charge in [0.25, 0.3) is 0 Å². The summed E-state index contributed by atoms with van der Waals surface area (Å²) in [5.41, 5.74) is 8.68. The molecule has 5 rings (SSSR count). The third-order valence-corrected chi connectivity index (χ3v) is 8.80. The van der Waals surface area contributed by atoms with Crippen molar-refractivity contribution in [1.82, 2.24) is 4.90 Å². The standard InChI is InChI=1S/C31H41NO3/c1-18-7-10-22(11-8-18)27-20(3)25-17-32(26-16-21-9-12-23(26)15-21)14-13-24(25)19(2)28(27)29(30(33)34)35-31(4,5)6/h7-8,10-11,21,23,26,29H,9,12-17H2,1-6H3,(H,33,34). The Bertz CT molecular complexity index is 1130. The molecule has 4 nitrogen and oxygen atoms in total. The summed E-state index contributed by atoms with van der Waals surface area (Å²) >= 11 is 0. The molecule has 1 aliphatic heterocycles. The number of fused-ring (bicyclic) bond motifs is 3. The van der Waals surface area contributed by atoms with Crippen LogP contribution in [0.1, 0.15) is 85.9 Å². The van der Waals surface area contributed by atoms with Crippen molar-refractivity contribution in [3.05, 3.63) is 57.6 Å². The van der Waals surface area contributed by atoms with E-state index in [0.717, 1.165) is 59.6 Å². The Balaban J connectivity index is 1.64. The lowest BCUT2D eigenvalue weighted by Crippen LogP contribution is -2.42. The lowest BCUT2D eigenvalue weighted by Gasteiger charge is -2.40. The highest BCUT2D eigenvalue weighted by molar-refractivity contribution is 5.84. The molecule has 0 radical (unpaired) electrons. The fourth-order valence-corrected chi connectivity index (χ4v) is 7.19. The number of aliphatic carboxylic acids is 1. The van der Waals surface area contributed by atoms with E-state index in [1.165, 1.54) is 47.9 Å². The molecule has 0 spiro atoms. The highest BCUT2D eigenvalue weighted by atomic mass is 16.5. The Kier molecular flexibility index (Phi) is 6.34. The molecular weight excluding hydrogens is 434 g/mol. The molecule has 1 heterocycles. The molecule has 2 aromatic rings. The summed E-state index contributed by atoms with van der Waals surface area (Å²) in [5, 5.41) is 10.3. The van der Waals surface area contributed by atoms with Crippen molar-refractivity contribution in [2.45, 2.75) is 97.9 Å². The molecule has 1 N–H and O–H groups in total. The minimum absolute atomic E-state index is 0.567. The van der Waals surface area contributed by atoms with E-state index in [-0.39, 0.29) is 0 Å². The molecule has 0 aromatic heterocycles. The Morgan fingerprint density at radius 1 is 1.03 bits per heavy atom. The summed E-state index contributed by atoms with van der Waals surface area (Å²) in [6.45, 7) is 14.3. The van der Waals surface area contributed by atoms with Crippen molar-refractivity contribution < 1.29 is 14.6 Å². The molecule has 2 bridgehead atoms. The van der Waals surface area contributed by atoms with Crippen LogP contribution < -0.4 is 0 Å². The van der Waals surface area contributed by atoms with Crippen LogP contribution in [0, 0.1) is 32.6 Å². The van der Waals surface area contributed by atoms with Crippen LogP contribution in [0.3, 0.4) is 0 Å². The normalized spacial score (nSPS) is 25.0. The van der Waals surface area contributed by atoms with Crippen LogP contribution in [0.5, 0.6) is 0 Å². The number of aryl methyl sites for hydroxylation is 1. The Morgan fingerprint density at radius 2 is 1.74 bits per heavy atom. The van der Waals surface area contributed by atoms with Gasteiger partial charge in [0.15, 0.2) is 6.10 Å². The van der Waals surface area contributed by atoms with E-state index < -0.39 is 17.7 Å². The van der Waals surface area contributed by atoms with E-state index in [0.29, 0.717) is 0 Å². The Hall–Kier alpha value is -2.17. The summed E-state index contributed by atoms with van der Waals surface area (Å²) in [7, 11) is 0. The van der Waals surface area contributed by atoms with E-state index in [4.69, 9.17) is 4.74 Å². The van der Waals surface area contributed by atoms with Gasteiger partial charge in [-0.15, -0.1) is 0 Å². The number of hydrogen-bond donors (Lipinski definition) is 1. The van der Waals surface area contributed by atoms with Gasteiger partial charge in [0.2, 0.25) is 0 Å². The van der Waals surface area contributed by atoms with Crippen LogP contribution in [0.15, 0.2) is 24.3 Å². The summed E-state index contributed by atoms with van der Waals surface area (Å²) in [4.78, 5) is 15.4. The number of benzene rings is 2. The molecule has 2 aliphatic carbocycles. The monoisotopic (exact) mass is 475 g/mol. The van der Waals surface area contributed by atoms with Crippen LogP contribution in [-0.2, 0) is 22.5 Å². The largest absolute Gasteiger partial charge is 0.479 e. The molecule has 2 saturated carbocycles. The Labute approximate surface area is 210 Å². The van der Waals surface area contributed by atoms with Gasteiger partial charge in [-0.2, -0.15) is 0 Å². The Morgan fingerprint density at radius 3 is 2.31 bits per heavy atom. The van der Waals surface area contributed by atoms with Gasteiger partial charge in [0.05, 0.1) is 5.60 Å². The fraction of sp³-hybridized carbons (Fsp3) is 0.581. The molecule has 4 unspecified atom stereocenters.